The molecule has 2 rings (SSSR count). The second-order valence-corrected chi connectivity index (χ2v) is 3.03. The Morgan fingerprint density at radius 3 is 3.15 bits per heavy atom. The Morgan fingerprint density at radius 1 is 1.54 bits per heavy atom. The highest BCUT2D eigenvalue weighted by atomic mass is 16.5. The maximum Gasteiger partial charge on any atom is 0.166 e. The van der Waals surface area contributed by atoms with Crippen LogP contribution in [0, 0.1) is 0 Å². The number of ether oxygens (including phenoxy) is 2. The van der Waals surface area contributed by atoms with Crippen LogP contribution in [-0.4, -0.2) is 18.8 Å². The van der Waals surface area contributed by atoms with Gasteiger partial charge in [-0.3, -0.25) is 0 Å². The molecular weight excluding hydrogens is 168 g/mol. The number of benzene rings is 1. The van der Waals surface area contributed by atoms with Crippen molar-refractivity contribution in [2.75, 3.05) is 13.7 Å². The van der Waals surface area contributed by atoms with Crippen molar-refractivity contribution >= 4 is 0 Å². The van der Waals surface area contributed by atoms with Crippen LogP contribution in [-0.2, 0) is 0 Å². The summed E-state index contributed by atoms with van der Waals surface area (Å²) in [4.78, 5) is 0. The Bertz CT molecular complexity index is 309. The second-order valence-electron chi connectivity index (χ2n) is 3.03. The lowest BCUT2D eigenvalue weighted by Crippen LogP contribution is -2.14. The summed E-state index contributed by atoms with van der Waals surface area (Å²) in [6.45, 7) is 0.550. The van der Waals surface area contributed by atoms with E-state index in [1.165, 1.54) is 0 Å². The lowest BCUT2D eigenvalue weighted by atomic mass is 10.0. The molecule has 1 aromatic rings. The van der Waals surface area contributed by atoms with Gasteiger partial charge in [0.15, 0.2) is 11.5 Å². The normalized spacial score (nSPS) is 20.3. The number of aliphatic hydroxyl groups excluding tert-OH is 1. The summed E-state index contributed by atoms with van der Waals surface area (Å²) in [6.07, 6.45) is 0.235. The Morgan fingerprint density at radius 2 is 2.38 bits per heavy atom. The number of para-hydroxylation sites is 1. The summed E-state index contributed by atoms with van der Waals surface area (Å²) in [5, 5.41) is 9.65. The van der Waals surface area contributed by atoms with E-state index in [0.29, 0.717) is 24.5 Å². The van der Waals surface area contributed by atoms with E-state index in [2.05, 4.69) is 0 Å². The van der Waals surface area contributed by atoms with Crippen LogP contribution in [0.15, 0.2) is 18.2 Å². The molecule has 0 amide bonds. The topological polar surface area (TPSA) is 38.7 Å². The van der Waals surface area contributed by atoms with E-state index < -0.39 is 6.10 Å². The molecule has 0 fully saturated rings. The predicted molar refractivity (Wildman–Crippen MR) is 48.1 cm³/mol. The Hall–Kier alpha value is -1.22. The molecule has 1 aromatic carbocycles. The van der Waals surface area contributed by atoms with Gasteiger partial charge in [0.1, 0.15) is 0 Å². The van der Waals surface area contributed by atoms with Crippen LogP contribution in [0.2, 0.25) is 0 Å². The van der Waals surface area contributed by atoms with Crippen LogP contribution in [0.4, 0.5) is 0 Å². The number of hydrogen-bond acceptors (Lipinski definition) is 3. The molecule has 0 radical (unpaired) electrons. The average Bonchev–Trinajstić information content (AvgIpc) is 2.18. The number of aliphatic hydroxyl groups is 1. The molecule has 1 unspecified atom stereocenters. The molecule has 13 heavy (non-hydrogen) atoms. The van der Waals surface area contributed by atoms with Gasteiger partial charge < -0.3 is 14.6 Å². The minimum atomic E-state index is -0.418. The third-order valence-electron chi connectivity index (χ3n) is 2.23. The summed E-state index contributed by atoms with van der Waals surface area (Å²) < 4.78 is 10.6. The van der Waals surface area contributed by atoms with Gasteiger partial charge in [0.2, 0.25) is 0 Å². The zero-order valence-corrected chi connectivity index (χ0v) is 7.49. The summed E-state index contributed by atoms with van der Waals surface area (Å²) in [5.74, 6) is 1.38. The molecule has 0 saturated carbocycles. The van der Waals surface area contributed by atoms with Crippen molar-refractivity contribution in [1.29, 1.82) is 0 Å². The van der Waals surface area contributed by atoms with Gasteiger partial charge in [-0.2, -0.15) is 0 Å². The molecule has 1 aliphatic rings. The van der Waals surface area contributed by atoms with Gasteiger partial charge in [-0.15, -0.1) is 0 Å². The minimum absolute atomic E-state index is 0.418. The molecule has 1 N–H and O–H groups in total. The zero-order valence-electron chi connectivity index (χ0n) is 7.49. The van der Waals surface area contributed by atoms with Crippen molar-refractivity contribution in [2.24, 2.45) is 0 Å². The molecule has 0 aliphatic carbocycles. The molecular formula is C10H12O3. The highest BCUT2D eigenvalue weighted by Gasteiger charge is 2.21. The minimum Gasteiger partial charge on any atom is -0.493 e. The van der Waals surface area contributed by atoms with Crippen LogP contribution in [0.1, 0.15) is 18.1 Å². The van der Waals surface area contributed by atoms with Crippen molar-refractivity contribution in [3.05, 3.63) is 23.8 Å². The Balaban J connectivity index is 2.48. The molecule has 0 saturated heterocycles. The summed E-state index contributed by atoms with van der Waals surface area (Å²) in [7, 11) is 1.60. The number of methoxy groups -OCH3 is 1. The first-order chi connectivity index (χ1) is 6.33. The van der Waals surface area contributed by atoms with Crippen molar-refractivity contribution in [1.82, 2.24) is 0 Å². The van der Waals surface area contributed by atoms with Crippen LogP contribution in [0.25, 0.3) is 0 Å². The third-order valence-corrected chi connectivity index (χ3v) is 2.23. The van der Waals surface area contributed by atoms with Crippen molar-refractivity contribution in [2.45, 2.75) is 12.5 Å². The first-order valence-corrected chi connectivity index (χ1v) is 4.30. The number of fused-ring (bicyclic) bond motifs is 1. The highest BCUT2D eigenvalue weighted by Crippen LogP contribution is 2.38. The first kappa shape index (κ1) is 8.38. The second kappa shape index (κ2) is 3.26. The fraction of sp³-hybridized carbons (Fsp3) is 0.400. The maximum atomic E-state index is 9.65. The van der Waals surface area contributed by atoms with E-state index >= 15 is 0 Å². The van der Waals surface area contributed by atoms with Crippen molar-refractivity contribution in [3.63, 3.8) is 0 Å². The fourth-order valence-electron chi connectivity index (χ4n) is 1.54. The molecule has 3 heteroatoms. The van der Waals surface area contributed by atoms with E-state index in [0.717, 1.165) is 5.56 Å². The summed E-state index contributed by atoms with van der Waals surface area (Å²) in [6, 6.07) is 5.55. The fourth-order valence-corrected chi connectivity index (χ4v) is 1.54. The van der Waals surface area contributed by atoms with Gasteiger partial charge in [0, 0.05) is 12.0 Å². The standard InChI is InChI=1S/C10H12O3/c1-12-9-4-2-3-7-8(11)5-6-13-10(7)9/h2-4,8,11H,5-6H2,1H3. The summed E-state index contributed by atoms with van der Waals surface area (Å²) in [5.41, 5.74) is 0.825. The Labute approximate surface area is 76.9 Å². The average molecular weight is 180 g/mol. The molecule has 1 atom stereocenters. The van der Waals surface area contributed by atoms with E-state index in [1.54, 1.807) is 7.11 Å². The number of rotatable bonds is 1. The Kier molecular flexibility index (Phi) is 2.10. The van der Waals surface area contributed by atoms with E-state index in [4.69, 9.17) is 9.47 Å². The van der Waals surface area contributed by atoms with Gasteiger partial charge in [0.05, 0.1) is 19.8 Å². The van der Waals surface area contributed by atoms with Gasteiger partial charge in [-0.05, 0) is 6.07 Å². The monoisotopic (exact) mass is 180 g/mol. The largest absolute Gasteiger partial charge is 0.493 e. The quantitative estimate of drug-likeness (QED) is 0.712. The molecule has 3 nitrogen and oxygen atoms in total. The van der Waals surface area contributed by atoms with Crippen LogP contribution < -0.4 is 9.47 Å². The molecule has 1 heterocycles. The van der Waals surface area contributed by atoms with E-state index in [1.807, 2.05) is 18.2 Å². The van der Waals surface area contributed by atoms with E-state index in [-0.39, 0.29) is 0 Å². The van der Waals surface area contributed by atoms with Crippen LogP contribution in [0.3, 0.4) is 0 Å². The number of hydrogen-bond donors (Lipinski definition) is 1. The van der Waals surface area contributed by atoms with Crippen LogP contribution in [0.5, 0.6) is 11.5 Å². The smallest absolute Gasteiger partial charge is 0.166 e. The molecule has 0 spiro atoms. The lowest BCUT2D eigenvalue weighted by molar-refractivity contribution is 0.113. The molecule has 70 valence electrons. The maximum absolute atomic E-state index is 9.65. The highest BCUT2D eigenvalue weighted by molar-refractivity contribution is 5.48. The lowest BCUT2D eigenvalue weighted by Gasteiger charge is -2.23. The van der Waals surface area contributed by atoms with Gasteiger partial charge in [-0.25, -0.2) is 0 Å². The first-order valence-electron chi connectivity index (χ1n) is 4.30. The SMILES string of the molecule is COc1cccc2c1OCCC2O. The van der Waals surface area contributed by atoms with Gasteiger partial charge in [-0.1, -0.05) is 12.1 Å². The molecule has 1 aliphatic heterocycles. The van der Waals surface area contributed by atoms with E-state index in [9.17, 15) is 5.11 Å². The zero-order chi connectivity index (χ0) is 9.26. The van der Waals surface area contributed by atoms with Gasteiger partial charge in [0.25, 0.3) is 0 Å². The third kappa shape index (κ3) is 1.35. The summed E-state index contributed by atoms with van der Waals surface area (Å²) >= 11 is 0. The van der Waals surface area contributed by atoms with Crippen LogP contribution >= 0.6 is 0 Å². The molecule has 0 bridgehead atoms. The van der Waals surface area contributed by atoms with Crippen molar-refractivity contribution < 1.29 is 14.6 Å². The predicted octanol–water partition coefficient (Wildman–Crippen LogP) is 1.51. The van der Waals surface area contributed by atoms with Crippen molar-refractivity contribution in [3.8, 4) is 11.5 Å². The van der Waals surface area contributed by atoms with Gasteiger partial charge >= 0.3 is 0 Å². The molecule has 0 aromatic heterocycles.